The zero-order valence-electron chi connectivity index (χ0n) is 14.7. The van der Waals surface area contributed by atoms with Crippen LogP contribution in [0.25, 0.3) is 0 Å². The number of aliphatic hydroxyl groups is 1. The van der Waals surface area contributed by atoms with E-state index in [2.05, 4.69) is 13.0 Å². The van der Waals surface area contributed by atoms with Crippen LogP contribution in [0.2, 0.25) is 0 Å². The minimum Gasteiger partial charge on any atom is -0.482 e. The highest BCUT2D eigenvalue weighted by Crippen LogP contribution is 2.48. The van der Waals surface area contributed by atoms with E-state index < -0.39 is 0 Å². The van der Waals surface area contributed by atoms with E-state index in [1.54, 1.807) is 6.92 Å². The zero-order valence-corrected chi connectivity index (χ0v) is 14.7. The molecule has 2 aliphatic rings. The second-order valence-electron chi connectivity index (χ2n) is 7.08. The van der Waals surface area contributed by atoms with E-state index in [1.165, 1.54) is 11.1 Å². The molecule has 4 nitrogen and oxygen atoms in total. The Balaban J connectivity index is 1.75. The number of rotatable bonds is 6. The summed E-state index contributed by atoms with van der Waals surface area (Å²) in [5.41, 5.74) is 2.53. The van der Waals surface area contributed by atoms with Crippen LogP contribution in [0.1, 0.15) is 44.2 Å². The fraction of sp³-hybridized carbons (Fsp3) is 0.650. The summed E-state index contributed by atoms with van der Waals surface area (Å²) in [4.78, 5) is 11.5. The molecule has 4 atom stereocenters. The molecule has 3 rings (SSSR count). The van der Waals surface area contributed by atoms with Crippen LogP contribution in [-0.4, -0.2) is 30.4 Å². The van der Waals surface area contributed by atoms with Crippen molar-refractivity contribution < 1.29 is 19.4 Å². The standard InChI is InChI=1S/C20H28O4/c1-3-6-15-16-9-13-7-5-8-19(24-12-20(22)23-4-2)17(13)10-14(16)11-18(15)21/h5,7-8,14-16,18,21H,3-4,6,9-12H2,1-2H3/t14-,15+,16-,18+/m0/s1. The van der Waals surface area contributed by atoms with Gasteiger partial charge < -0.3 is 14.6 Å². The van der Waals surface area contributed by atoms with Crippen LogP contribution in [-0.2, 0) is 22.4 Å². The summed E-state index contributed by atoms with van der Waals surface area (Å²) in [6.45, 7) is 4.31. The number of carbonyl (C=O) groups excluding carboxylic acids is 1. The Morgan fingerprint density at radius 1 is 1.29 bits per heavy atom. The highest BCUT2D eigenvalue weighted by atomic mass is 16.6. The lowest BCUT2D eigenvalue weighted by Crippen LogP contribution is -2.27. The molecule has 0 aliphatic heterocycles. The average molecular weight is 332 g/mol. The van der Waals surface area contributed by atoms with Gasteiger partial charge in [0, 0.05) is 0 Å². The number of hydrogen-bond acceptors (Lipinski definition) is 4. The van der Waals surface area contributed by atoms with Gasteiger partial charge in [0.05, 0.1) is 12.7 Å². The SMILES string of the molecule is CCC[C@@H]1[C@H]2Cc3cccc(OCC(=O)OCC)c3C[C@H]2C[C@H]1O. The molecule has 24 heavy (non-hydrogen) atoms. The van der Waals surface area contributed by atoms with Gasteiger partial charge in [-0.15, -0.1) is 0 Å². The lowest BCUT2D eigenvalue weighted by atomic mass is 9.73. The van der Waals surface area contributed by atoms with Crippen LogP contribution < -0.4 is 4.74 Å². The average Bonchev–Trinajstić information content (AvgIpc) is 2.87. The molecule has 0 spiro atoms. The van der Waals surface area contributed by atoms with Gasteiger partial charge in [0.2, 0.25) is 0 Å². The van der Waals surface area contributed by atoms with Crippen LogP contribution in [0.5, 0.6) is 5.75 Å². The van der Waals surface area contributed by atoms with Gasteiger partial charge in [-0.3, -0.25) is 0 Å². The third kappa shape index (κ3) is 3.44. The fourth-order valence-corrected chi connectivity index (χ4v) is 4.61. The molecule has 0 unspecified atom stereocenters. The van der Waals surface area contributed by atoms with E-state index >= 15 is 0 Å². The summed E-state index contributed by atoms with van der Waals surface area (Å²) in [5, 5.41) is 10.4. The number of benzene rings is 1. The lowest BCUT2D eigenvalue weighted by Gasteiger charge is -2.32. The van der Waals surface area contributed by atoms with Gasteiger partial charge in [-0.05, 0) is 67.6 Å². The Kier molecular flexibility index (Phi) is 5.44. The molecule has 2 aliphatic carbocycles. The van der Waals surface area contributed by atoms with Gasteiger partial charge in [0.25, 0.3) is 0 Å². The minimum atomic E-state index is -0.330. The summed E-state index contributed by atoms with van der Waals surface area (Å²) in [6.07, 6.45) is 4.91. The first-order chi connectivity index (χ1) is 11.6. The quantitative estimate of drug-likeness (QED) is 0.813. The minimum absolute atomic E-state index is 0.0422. The van der Waals surface area contributed by atoms with Crippen molar-refractivity contribution in [1.29, 1.82) is 0 Å². The topological polar surface area (TPSA) is 55.8 Å². The molecule has 132 valence electrons. The molecule has 1 aromatic carbocycles. The van der Waals surface area contributed by atoms with E-state index in [-0.39, 0.29) is 18.7 Å². The van der Waals surface area contributed by atoms with Crippen LogP contribution in [0.15, 0.2) is 18.2 Å². The molecule has 0 bridgehead atoms. The number of fused-ring (bicyclic) bond motifs is 2. The number of carbonyl (C=O) groups is 1. The molecular formula is C20H28O4. The summed E-state index contributed by atoms with van der Waals surface area (Å²) >= 11 is 0. The van der Waals surface area contributed by atoms with Crippen LogP contribution in [0.3, 0.4) is 0 Å². The van der Waals surface area contributed by atoms with E-state index in [4.69, 9.17) is 9.47 Å². The van der Waals surface area contributed by atoms with Gasteiger partial charge in [-0.25, -0.2) is 4.79 Å². The molecule has 0 aromatic heterocycles. The molecule has 1 N–H and O–H groups in total. The predicted molar refractivity (Wildman–Crippen MR) is 92.0 cm³/mol. The first-order valence-corrected chi connectivity index (χ1v) is 9.21. The Morgan fingerprint density at radius 2 is 2.12 bits per heavy atom. The Bertz CT molecular complexity index is 583. The number of hydrogen-bond donors (Lipinski definition) is 1. The second-order valence-corrected chi connectivity index (χ2v) is 7.08. The Hall–Kier alpha value is -1.55. The summed E-state index contributed by atoms with van der Waals surface area (Å²) in [6, 6.07) is 6.10. The maximum Gasteiger partial charge on any atom is 0.344 e. The van der Waals surface area contributed by atoms with Crippen molar-refractivity contribution in [2.24, 2.45) is 17.8 Å². The summed E-state index contributed by atoms with van der Waals surface area (Å²) in [7, 11) is 0. The maximum atomic E-state index is 11.5. The second kappa shape index (κ2) is 7.56. The maximum absolute atomic E-state index is 11.5. The van der Waals surface area contributed by atoms with Crippen molar-refractivity contribution in [3.63, 3.8) is 0 Å². The van der Waals surface area contributed by atoms with Gasteiger partial charge in [-0.1, -0.05) is 25.5 Å². The van der Waals surface area contributed by atoms with Crippen molar-refractivity contribution >= 4 is 5.97 Å². The zero-order chi connectivity index (χ0) is 17.1. The largest absolute Gasteiger partial charge is 0.482 e. The smallest absolute Gasteiger partial charge is 0.344 e. The van der Waals surface area contributed by atoms with E-state index in [0.717, 1.165) is 37.9 Å². The monoisotopic (exact) mass is 332 g/mol. The third-order valence-electron chi connectivity index (χ3n) is 5.62. The van der Waals surface area contributed by atoms with E-state index in [0.29, 0.717) is 24.4 Å². The molecule has 0 saturated heterocycles. The molecular weight excluding hydrogens is 304 g/mol. The fourth-order valence-electron chi connectivity index (χ4n) is 4.61. The molecule has 1 aromatic rings. The molecule has 1 saturated carbocycles. The van der Waals surface area contributed by atoms with Crippen molar-refractivity contribution in [2.45, 2.75) is 52.1 Å². The van der Waals surface area contributed by atoms with Crippen LogP contribution in [0.4, 0.5) is 0 Å². The molecule has 0 radical (unpaired) electrons. The van der Waals surface area contributed by atoms with Crippen molar-refractivity contribution in [3.05, 3.63) is 29.3 Å². The summed E-state index contributed by atoms with van der Waals surface area (Å²) in [5.74, 6) is 2.00. The Labute approximate surface area is 144 Å². The van der Waals surface area contributed by atoms with Crippen molar-refractivity contribution in [2.75, 3.05) is 13.2 Å². The predicted octanol–water partition coefficient (Wildman–Crippen LogP) is 3.14. The number of esters is 1. The highest BCUT2D eigenvalue weighted by molar-refractivity contribution is 5.71. The van der Waals surface area contributed by atoms with Gasteiger partial charge in [0.15, 0.2) is 6.61 Å². The normalized spacial score (nSPS) is 28.1. The van der Waals surface area contributed by atoms with Gasteiger partial charge >= 0.3 is 5.97 Å². The number of ether oxygens (including phenoxy) is 2. The van der Waals surface area contributed by atoms with E-state index in [9.17, 15) is 9.90 Å². The first kappa shape index (κ1) is 17.3. The molecule has 0 amide bonds. The van der Waals surface area contributed by atoms with Crippen molar-refractivity contribution in [3.8, 4) is 5.75 Å². The van der Waals surface area contributed by atoms with Crippen LogP contribution in [0, 0.1) is 17.8 Å². The number of aliphatic hydroxyl groups excluding tert-OH is 1. The van der Waals surface area contributed by atoms with Gasteiger partial charge in [-0.2, -0.15) is 0 Å². The third-order valence-corrected chi connectivity index (χ3v) is 5.62. The summed E-state index contributed by atoms with van der Waals surface area (Å²) < 4.78 is 10.7. The van der Waals surface area contributed by atoms with Crippen LogP contribution >= 0.6 is 0 Å². The van der Waals surface area contributed by atoms with Gasteiger partial charge in [0.1, 0.15) is 5.75 Å². The molecule has 4 heteroatoms. The first-order valence-electron chi connectivity index (χ1n) is 9.21. The lowest BCUT2D eigenvalue weighted by molar-refractivity contribution is -0.145. The Morgan fingerprint density at radius 3 is 2.88 bits per heavy atom. The highest BCUT2D eigenvalue weighted by Gasteiger charge is 2.44. The molecule has 0 heterocycles. The van der Waals surface area contributed by atoms with Crippen molar-refractivity contribution in [1.82, 2.24) is 0 Å². The molecule has 1 fully saturated rings. The van der Waals surface area contributed by atoms with E-state index in [1.807, 2.05) is 12.1 Å².